The fourth-order valence-corrected chi connectivity index (χ4v) is 5.17. The van der Waals surface area contributed by atoms with E-state index in [1.165, 1.54) is 10.9 Å². The van der Waals surface area contributed by atoms with Crippen LogP contribution in [0, 0.1) is 0 Å². The van der Waals surface area contributed by atoms with Gasteiger partial charge in [-0.15, -0.1) is 0 Å². The normalized spacial score (nSPS) is 17.3. The second-order valence-corrected chi connectivity index (χ2v) is 8.32. The highest BCUT2D eigenvalue weighted by molar-refractivity contribution is 7.89. The summed E-state index contributed by atoms with van der Waals surface area (Å²) in [5.41, 5.74) is 3.34. The molecule has 0 saturated carbocycles. The van der Waals surface area contributed by atoms with Crippen LogP contribution >= 0.6 is 0 Å². The standard InChI is InChI=1S/C20H22N2O3S/c1-25-14-22-19-13-6-5-10-16(19)17-11-7-12-18(20(17)22)21-26(23,24)15-8-3-2-4-9-15/h2-6,8-10,13,18,21H,7,11-12,14H2,1H3/t18-/m1/s1. The molecular formula is C20H22N2O3S. The maximum Gasteiger partial charge on any atom is 0.241 e. The maximum absolute atomic E-state index is 12.8. The van der Waals surface area contributed by atoms with Gasteiger partial charge in [0.15, 0.2) is 0 Å². The molecule has 1 aromatic heterocycles. The smallest absolute Gasteiger partial charge is 0.241 e. The number of nitrogens with one attached hydrogen (secondary N) is 1. The fraction of sp³-hybridized carbons (Fsp3) is 0.300. The minimum atomic E-state index is -3.58. The van der Waals surface area contributed by atoms with E-state index in [2.05, 4.69) is 21.4 Å². The van der Waals surface area contributed by atoms with Gasteiger partial charge in [0.1, 0.15) is 6.73 Å². The van der Waals surface area contributed by atoms with Crippen LogP contribution in [0.3, 0.4) is 0 Å². The Morgan fingerprint density at radius 3 is 2.62 bits per heavy atom. The van der Waals surface area contributed by atoms with Crippen LogP contribution < -0.4 is 4.72 Å². The molecule has 0 saturated heterocycles. The number of fused-ring (bicyclic) bond motifs is 3. The van der Waals surface area contributed by atoms with Crippen LogP contribution in [0.5, 0.6) is 0 Å². The number of sulfonamides is 1. The molecule has 26 heavy (non-hydrogen) atoms. The number of aryl methyl sites for hydroxylation is 1. The zero-order valence-electron chi connectivity index (χ0n) is 14.7. The van der Waals surface area contributed by atoms with Gasteiger partial charge in [-0.1, -0.05) is 36.4 Å². The van der Waals surface area contributed by atoms with Crippen LogP contribution in [0.1, 0.15) is 30.1 Å². The van der Waals surface area contributed by atoms with Gasteiger partial charge in [-0.2, -0.15) is 0 Å². The first kappa shape index (κ1) is 17.3. The lowest BCUT2D eigenvalue weighted by Crippen LogP contribution is -2.32. The van der Waals surface area contributed by atoms with Crippen molar-refractivity contribution in [3.8, 4) is 0 Å². The van der Waals surface area contributed by atoms with Crippen LogP contribution in [0.2, 0.25) is 0 Å². The lowest BCUT2D eigenvalue weighted by molar-refractivity contribution is 0.130. The first-order valence-corrected chi connectivity index (χ1v) is 10.3. The Morgan fingerprint density at radius 1 is 1.12 bits per heavy atom. The van der Waals surface area contributed by atoms with E-state index in [9.17, 15) is 8.42 Å². The van der Waals surface area contributed by atoms with Gasteiger partial charge in [-0.3, -0.25) is 0 Å². The Kier molecular flexibility index (Phi) is 4.56. The molecule has 2 aromatic carbocycles. The van der Waals surface area contributed by atoms with E-state index in [-0.39, 0.29) is 6.04 Å². The molecule has 0 spiro atoms. The van der Waals surface area contributed by atoms with E-state index in [4.69, 9.17) is 4.74 Å². The van der Waals surface area contributed by atoms with E-state index in [0.29, 0.717) is 11.6 Å². The maximum atomic E-state index is 12.8. The Morgan fingerprint density at radius 2 is 1.85 bits per heavy atom. The number of benzene rings is 2. The highest BCUT2D eigenvalue weighted by atomic mass is 32.2. The molecule has 5 nitrogen and oxygen atoms in total. The molecule has 1 aliphatic rings. The molecule has 6 heteroatoms. The molecule has 1 N–H and O–H groups in total. The number of hydrogen-bond acceptors (Lipinski definition) is 3. The lowest BCUT2D eigenvalue weighted by Gasteiger charge is -2.26. The first-order valence-electron chi connectivity index (χ1n) is 8.78. The van der Waals surface area contributed by atoms with Crippen molar-refractivity contribution in [3.05, 3.63) is 65.9 Å². The Balaban J connectivity index is 1.80. The molecule has 0 fully saturated rings. The molecule has 3 aromatic rings. The second-order valence-electron chi connectivity index (χ2n) is 6.61. The number of rotatable bonds is 5. The van der Waals surface area contributed by atoms with Crippen LogP contribution in [-0.2, 0) is 27.9 Å². The molecule has 0 radical (unpaired) electrons. The zero-order valence-corrected chi connectivity index (χ0v) is 15.5. The molecule has 0 amide bonds. The predicted molar refractivity (Wildman–Crippen MR) is 101 cm³/mol. The van der Waals surface area contributed by atoms with E-state index in [1.54, 1.807) is 31.4 Å². The topological polar surface area (TPSA) is 60.3 Å². The Hall–Kier alpha value is -2.15. The third-order valence-electron chi connectivity index (χ3n) is 4.98. The molecule has 4 rings (SSSR count). The SMILES string of the molecule is COCn1c2c(c3ccccc31)CCC[C@H]2NS(=O)(=O)c1ccccc1. The van der Waals surface area contributed by atoms with Gasteiger partial charge in [0, 0.05) is 18.2 Å². The summed E-state index contributed by atoms with van der Waals surface area (Å²) in [6.45, 7) is 0.402. The van der Waals surface area contributed by atoms with Gasteiger partial charge in [0.25, 0.3) is 0 Å². The van der Waals surface area contributed by atoms with Crippen molar-refractivity contribution in [1.82, 2.24) is 9.29 Å². The summed E-state index contributed by atoms with van der Waals surface area (Å²) in [5, 5.41) is 1.18. The number of methoxy groups -OCH3 is 1. The van der Waals surface area contributed by atoms with Crippen LogP contribution in [0.15, 0.2) is 59.5 Å². The molecule has 1 heterocycles. The molecule has 0 aliphatic heterocycles. The third-order valence-corrected chi connectivity index (χ3v) is 6.47. The minimum Gasteiger partial charge on any atom is -0.364 e. The molecular weight excluding hydrogens is 348 g/mol. The van der Waals surface area contributed by atoms with Crippen molar-refractivity contribution in [2.24, 2.45) is 0 Å². The summed E-state index contributed by atoms with van der Waals surface area (Å²) in [7, 11) is -1.92. The molecule has 1 atom stereocenters. The van der Waals surface area contributed by atoms with Crippen molar-refractivity contribution < 1.29 is 13.2 Å². The summed E-state index contributed by atoms with van der Waals surface area (Å²) in [4.78, 5) is 0.293. The number of para-hydroxylation sites is 1. The van der Waals surface area contributed by atoms with Gasteiger partial charge >= 0.3 is 0 Å². The van der Waals surface area contributed by atoms with Gasteiger partial charge in [-0.25, -0.2) is 13.1 Å². The van der Waals surface area contributed by atoms with Crippen LogP contribution in [-0.4, -0.2) is 20.1 Å². The second kappa shape index (κ2) is 6.87. The zero-order chi connectivity index (χ0) is 18.1. The summed E-state index contributed by atoms with van der Waals surface area (Å²) in [5.74, 6) is 0. The molecule has 0 bridgehead atoms. The van der Waals surface area contributed by atoms with Crippen LogP contribution in [0.4, 0.5) is 0 Å². The van der Waals surface area contributed by atoms with E-state index in [0.717, 1.165) is 30.5 Å². The Bertz CT molecular complexity index is 1030. The fourth-order valence-electron chi connectivity index (χ4n) is 3.91. The van der Waals surface area contributed by atoms with Crippen LogP contribution in [0.25, 0.3) is 10.9 Å². The largest absolute Gasteiger partial charge is 0.364 e. The lowest BCUT2D eigenvalue weighted by atomic mass is 9.92. The van der Waals surface area contributed by atoms with Crippen molar-refractivity contribution in [3.63, 3.8) is 0 Å². The average Bonchev–Trinajstić information content (AvgIpc) is 2.98. The highest BCUT2D eigenvalue weighted by Crippen LogP contribution is 2.38. The summed E-state index contributed by atoms with van der Waals surface area (Å²) in [6.07, 6.45) is 2.69. The highest BCUT2D eigenvalue weighted by Gasteiger charge is 2.30. The van der Waals surface area contributed by atoms with E-state index < -0.39 is 10.0 Å². The van der Waals surface area contributed by atoms with Crippen molar-refractivity contribution in [1.29, 1.82) is 0 Å². The first-order chi connectivity index (χ1) is 12.6. The summed E-state index contributed by atoms with van der Waals surface area (Å²) >= 11 is 0. The Labute approximate surface area is 153 Å². The monoisotopic (exact) mass is 370 g/mol. The number of nitrogens with zero attached hydrogens (tertiary/aromatic N) is 1. The molecule has 0 unspecified atom stereocenters. The predicted octanol–water partition coefficient (Wildman–Crippen LogP) is 3.60. The van der Waals surface area contributed by atoms with Crippen molar-refractivity contribution in [2.45, 2.75) is 36.9 Å². The van der Waals surface area contributed by atoms with Crippen molar-refractivity contribution in [2.75, 3.05) is 7.11 Å². The number of ether oxygens (including phenoxy) is 1. The third kappa shape index (κ3) is 2.94. The molecule has 1 aliphatic carbocycles. The van der Waals surface area contributed by atoms with Gasteiger partial charge < -0.3 is 9.30 Å². The summed E-state index contributed by atoms with van der Waals surface area (Å²) < 4.78 is 36.1. The number of hydrogen-bond donors (Lipinski definition) is 1. The van der Waals surface area contributed by atoms with Crippen molar-refractivity contribution >= 4 is 20.9 Å². The summed E-state index contributed by atoms with van der Waals surface area (Å²) in [6, 6.07) is 16.5. The van der Waals surface area contributed by atoms with E-state index in [1.807, 2.05) is 18.2 Å². The van der Waals surface area contributed by atoms with Gasteiger partial charge in [-0.05, 0) is 43.0 Å². The van der Waals surface area contributed by atoms with E-state index >= 15 is 0 Å². The molecule has 136 valence electrons. The number of aromatic nitrogens is 1. The average molecular weight is 370 g/mol. The minimum absolute atomic E-state index is 0.258. The van der Waals surface area contributed by atoms with Gasteiger partial charge in [0.2, 0.25) is 10.0 Å². The van der Waals surface area contributed by atoms with Gasteiger partial charge in [0.05, 0.1) is 16.5 Å². The quantitative estimate of drug-likeness (QED) is 0.746.